The van der Waals surface area contributed by atoms with Gasteiger partial charge in [-0.15, -0.1) is 0 Å². The molecule has 0 saturated carbocycles. The van der Waals surface area contributed by atoms with E-state index in [-0.39, 0.29) is 6.10 Å². The van der Waals surface area contributed by atoms with Crippen LogP contribution in [0.1, 0.15) is 41.4 Å². The Kier molecular flexibility index (Phi) is 3.67. The minimum absolute atomic E-state index is 0.191. The summed E-state index contributed by atoms with van der Waals surface area (Å²) in [5.41, 5.74) is 9.33. The van der Waals surface area contributed by atoms with Crippen LogP contribution in [0.5, 0.6) is 0 Å². The van der Waals surface area contributed by atoms with Crippen LogP contribution in [0.25, 0.3) is 0 Å². The van der Waals surface area contributed by atoms with Crippen LogP contribution in [-0.2, 0) is 24.3 Å². The molecule has 1 heterocycles. The van der Waals surface area contributed by atoms with Gasteiger partial charge in [0, 0.05) is 12.1 Å². The Labute approximate surface area is 113 Å². The zero-order valence-corrected chi connectivity index (χ0v) is 11.0. The molecular weight excluding hydrogens is 238 g/mol. The molecule has 19 heavy (non-hydrogen) atoms. The van der Waals surface area contributed by atoms with Gasteiger partial charge in [-0.25, -0.2) is 0 Å². The molecule has 0 radical (unpaired) electrons. The van der Waals surface area contributed by atoms with Gasteiger partial charge in [-0.05, 0) is 36.5 Å². The lowest BCUT2D eigenvalue weighted by Gasteiger charge is -2.25. The number of benzene rings is 1. The molecule has 100 valence electrons. The van der Waals surface area contributed by atoms with Gasteiger partial charge in [-0.2, -0.15) is 0 Å². The van der Waals surface area contributed by atoms with Crippen LogP contribution < -0.4 is 5.73 Å². The van der Waals surface area contributed by atoms with E-state index in [0.717, 1.165) is 24.2 Å². The quantitative estimate of drug-likeness (QED) is 0.914. The first-order valence-electron chi connectivity index (χ1n) is 6.82. The SMILES string of the molecule is NCc1coc(COC2CCCc3ccccc32)c1. The van der Waals surface area contributed by atoms with E-state index >= 15 is 0 Å². The van der Waals surface area contributed by atoms with Gasteiger partial charge in [0.1, 0.15) is 12.4 Å². The molecule has 1 aliphatic rings. The van der Waals surface area contributed by atoms with Crippen molar-refractivity contribution in [2.24, 2.45) is 5.73 Å². The summed E-state index contributed by atoms with van der Waals surface area (Å²) < 4.78 is 11.4. The van der Waals surface area contributed by atoms with Gasteiger partial charge < -0.3 is 14.9 Å². The molecule has 3 rings (SSSR count). The second kappa shape index (κ2) is 5.59. The molecule has 0 bridgehead atoms. The van der Waals surface area contributed by atoms with Crippen molar-refractivity contribution in [2.45, 2.75) is 38.5 Å². The van der Waals surface area contributed by atoms with E-state index in [0.29, 0.717) is 13.2 Å². The molecule has 1 aliphatic carbocycles. The average Bonchev–Trinajstić information content (AvgIpc) is 2.93. The number of aryl methyl sites for hydroxylation is 1. The lowest BCUT2D eigenvalue weighted by molar-refractivity contribution is 0.0192. The molecular formula is C16H19NO2. The summed E-state index contributed by atoms with van der Waals surface area (Å²) >= 11 is 0. The fourth-order valence-electron chi connectivity index (χ4n) is 2.67. The normalized spacial score (nSPS) is 18.3. The second-order valence-electron chi connectivity index (χ2n) is 5.02. The van der Waals surface area contributed by atoms with Crippen molar-refractivity contribution < 1.29 is 9.15 Å². The molecule has 3 heteroatoms. The summed E-state index contributed by atoms with van der Waals surface area (Å²) in [6.07, 6.45) is 5.33. The van der Waals surface area contributed by atoms with Gasteiger partial charge in [0.15, 0.2) is 0 Å². The molecule has 1 aromatic carbocycles. The summed E-state index contributed by atoms with van der Waals surface area (Å²) in [5, 5.41) is 0. The van der Waals surface area contributed by atoms with Crippen molar-refractivity contribution in [1.82, 2.24) is 0 Å². The van der Waals surface area contributed by atoms with Gasteiger partial charge in [0.2, 0.25) is 0 Å². The zero-order chi connectivity index (χ0) is 13.1. The molecule has 2 aromatic rings. The Hall–Kier alpha value is -1.58. The predicted octanol–water partition coefficient (Wildman–Crippen LogP) is 3.33. The third kappa shape index (κ3) is 2.72. The number of ether oxygens (including phenoxy) is 1. The Morgan fingerprint density at radius 2 is 2.21 bits per heavy atom. The maximum absolute atomic E-state index is 6.02. The summed E-state index contributed by atoms with van der Waals surface area (Å²) in [4.78, 5) is 0. The fraction of sp³-hybridized carbons (Fsp3) is 0.375. The third-order valence-electron chi connectivity index (χ3n) is 3.68. The van der Waals surface area contributed by atoms with Crippen LogP contribution in [0.4, 0.5) is 0 Å². The largest absolute Gasteiger partial charge is 0.467 e. The molecule has 2 N–H and O–H groups in total. The number of hydrogen-bond acceptors (Lipinski definition) is 3. The molecule has 0 fully saturated rings. The zero-order valence-electron chi connectivity index (χ0n) is 11.0. The maximum atomic E-state index is 6.02. The Balaban J connectivity index is 1.68. The van der Waals surface area contributed by atoms with Crippen LogP contribution in [0.15, 0.2) is 41.0 Å². The van der Waals surface area contributed by atoms with E-state index in [2.05, 4.69) is 24.3 Å². The predicted molar refractivity (Wildman–Crippen MR) is 73.5 cm³/mol. The topological polar surface area (TPSA) is 48.4 Å². The first kappa shape index (κ1) is 12.5. The monoisotopic (exact) mass is 257 g/mol. The van der Waals surface area contributed by atoms with E-state index in [1.807, 2.05) is 6.07 Å². The molecule has 0 spiro atoms. The number of hydrogen-bond donors (Lipinski definition) is 1. The smallest absolute Gasteiger partial charge is 0.129 e. The molecule has 0 aliphatic heterocycles. The number of nitrogens with two attached hydrogens (primary N) is 1. The van der Waals surface area contributed by atoms with Gasteiger partial charge >= 0.3 is 0 Å². The van der Waals surface area contributed by atoms with Crippen LogP contribution in [0.2, 0.25) is 0 Å². The maximum Gasteiger partial charge on any atom is 0.129 e. The van der Waals surface area contributed by atoms with Crippen LogP contribution in [0.3, 0.4) is 0 Å². The van der Waals surface area contributed by atoms with Crippen LogP contribution >= 0.6 is 0 Å². The van der Waals surface area contributed by atoms with Crippen molar-refractivity contribution >= 4 is 0 Å². The molecule has 1 unspecified atom stereocenters. The van der Waals surface area contributed by atoms with Crippen molar-refractivity contribution in [3.05, 3.63) is 59.0 Å². The van der Waals surface area contributed by atoms with Crippen molar-refractivity contribution in [1.29, 1.82) is 0 Å². The minimum Gasteiger partial charge on any atom is -0.467 e. The Morgan fingerprint density at radius 3 is 3.05 bits per heavy atom. The average molecular weight is 257 g/mol. The Bertz CT molecular complexity index is 547. The summed E-state index contributed by atoms with van der Waals surface area (Å²) in [7, 11) is 0. The lowest BCUT2D eigenvalue weighted by atomic mass is 9.89. The molecule has 3 nitrogen and oxygen atoms in total. The standard InChI is InChI=1S/C16H19NO2/c17-9-12-8-14(18-10-12)11-19-16-7-3-5-13-4-1-2-6-15(13)16/h1-2,4,6,8,10,16H,3,5,7,9,11,17H2. The second-order valence-corrected chi connectivity index (χ2v) is 5.02. The molecule has 0 saturated heterocycles. The van der Waals surface area contributed by atoms with E-state index in [4.69, 9.17) is 14.9 Å². The van der Waals surface area contributed by atoms with Crippen molar-refractivity contribution in [2.75, 3.05) is 0 Å². The van der Waals surface area contributed by atoms with E-state index < -0.39 is 0 Å². The fourth-order valence-corrected chi connectivity index (χ4v) is 2.67. The number of fused-ring (bicyclic) bond motifs is 1. The van der Waals surface area contributed by atoms with E-state index in [1.54, 1.807) is 6.26 Å². The van der Waals surface area contributed by atoms with E-state index in [1.165, 1.54) is 17.5 Å². The lowest BCUT2D eigenvalue weighted by Crippen LogP contribution is -2.12. The molecule has 1 atom stereocenters. The van der Waals surface area contributed by atoms with Crippen molar-refractivity contribution in [3.8, 4) is 0 Å². The van der Waals surface area contributed by atoms with Gasteiger partial charge in [0.25, 0.3) is 0 Å². The molecule has 0 amide bonds. The Morgan fingerprint density at radius 1 is 1.32 bits per heavy atom. The third-order valence-corrected chi connectivity index (χ3v) is 3.68. The first-order valence-corrected chi connectivity index (χ1v) is 6.82. The van der Waals surface area contributed by atoms with Crippen LogP contribution in [-0.4, -0.2) is 0 Å². The highest BCUT2D eigenvalue weighted by Crippen LogP contribution is 2.32. The van der Waals surface area contributed by atoms with Crippen LogP contribution in [0, 0.1) is 0 Å². The highest BCUT2D eigenvalue weighted by molar-refractivity contribution is 5.31. The summed E-state index contributed by atoms with van der Waals surface area (Å²) in [6, 6.07) is 10.5. The summed E-state index contributed by atoms with van der Waals surface area (Å²) in [6.45, 7) is 1.02. The molecule has 1 aromatic heterocycles. The van der Waals surface area contributed by atoms with E-state index in [9.17, 15) is 0 Å². The first-order chi connectivity index (χ1) is 9.36. The minimum atomic E-state index is 0.191. The van der Waals surface area contributed by atoms with Gasteiger partial charge in [0.05, 0.1) is 12.4 Å². The number of rotatable bonds is 4. The van der Waals surface area contributed by atoms with Gasteiger partial charge in [-0.3, -0.25) is 0 Å². The number of furan rings is 1. The highest BCUT2D eigenvalue weighted by atomic mass is 16.5. The highest BCUT2D eigenvalue weighted by Gasteiger charge is 2.20. The summed E-state index contributed by atoms with van der Waals surface area (Å²) in [5.74, 6) is 0.850. The van der Waals surface area contributed by atoms with Crippen molar-refractivity contribution in [3.63, 3.8) is 0 Å². The van der Waals surface area contributed by atoms with Gasteiger partial charge in [-0.1, -0.05) is 24.3 Å².